The normalized spacial score (nSPS) is 9.67. The first-order valence-electron chi connectivity index (χ1n) is 4.53. The van der Waals surface area contributed by atoms with E-state index in [4.69, 9.17) is 4.74 Å². The highest BCUT2D eigenvalue weighted by Crippen LogP contribution is 2.09. The van der Waals surface area contributed by atoms with Gasteiger partial charge in [-0.1, -0.05) is 12.1 Å². The summed E-state index contributed by atoms with van der Waals surface area (Å²) in [6.07, 6.45) is 2.05. The van der Waals surface area contributed by atoms with Crippen molar-refractivity contribution in [2.45, 2.75) is 6.42 Å². The van der Waals surface area contributed by atoms with Crippen LogP contribution >= 0.6 is 0 Å². The third kappa shape index (κ3) is 3.91. The minimum atomic E-state index is -0.139. The quantitative estimate of drug-likeness (QED) is 0.785. The molecule has 0 fully saturated rings. The van der Waals surface area contributed by atoms with Crippen LogP contribution in [0.15, 0.2) is 24.3 Å². The fourth-order valence-corrected chi connectivity index (χ4v) is 1.08. The highest BCUT2D eigenvalue weighted by Gasteiger charge is 2.02. The maximum atomic E-state index is 11.3. The maximum absolute atomic E-state index is 11.3. The van der Waals surface area contributed by atoms with Crippen molar-refractivity contribution < 1.29 is 14.3 Å². The summed E-state index contributed by atoms with van der Waals surface area (Å²) < 4.78 is 4.77. The summed E-state index contributed by atoms with van der Waals surface area (Å²) in [6.45, 7) is 0.380. The lowest BCUT2D eigenvalue weighted by Gasteiger charge is -2.04. The molecule has 1 aromatic rings. The van der Waals surface area contributed by atoms with Crippen LogP contribution in [0.1, 0.15) is 12.0 Å². The summed E-state index contributed by atoms with van der Waals surface area (Å²) >= 11 is 0. The van der Waals surface area contributed by atoms with Gasteiger partial charge in [0.15, 0.2) is 0 Å². The van der Waals surface area contributed by atoms with Crippen molar-refractivity contribution in [3.8, 4) is 0 Å². The van der Waals surface area contributed by atoms with Crippen molar-refractivity contribution in [3.63, 3.8) is 0 Å². The van der Waals surface area contributed by atoms with Crippen LogP contribution in [0.2, 0.25) is 0 Å². The Morgan fingerprint density at radius 2 is 2.33 bits per heavy atom. The smallest absolute Gasteiger partial charge is 0.233 e. The molecule has 0 saturated carbocycles. The van der Waals surface area contributed by atoms with Gasteiger partial charge in [-0.15, -0.1) is 0 Å². The van der Waals surface area contributed by atoms with Crippen molar-refractivity contribution in [2.75, 3.05) is 19.0 Å². The van der Waals surface area contributed by atoms with Gasteiger partial charge in [-0.25, -0.2) is 0 Å². The van der Waals surface area contributed by atoms with Gasteiger partial charge < -0.3 is 10.1 Å². The Kier molecular flexibility index (Phi) is 4.50. The zero-order chi connectivity index (χ0) is 11.1. The summed E-state index contributed by atoms with van der Waals surface area (Å²) in [4.78, 5) is 21.6. The van der Waals surface area contributed by atoms with Crippen LogP contribution in [-0.2, 0) is 14.3 Å². The third-order valence-electron chi connectivity index (χ3n) is 1.80. The average molecular weight is 206 g/mol. The number of anilines is 1. The van der Waals surface area contributed by atoms with E-state index in [9.17, 15) is 9.59 Å². The summed E-state index contributed by atoms with van der Waals surface area (Å²) in [5, 5.41) is 2.65. The standard InChI is InChI=1S/C11H12NO3/c1-15-6-5-11(14)12-10-4-2-3-9(7-10)8-13/h2-4,7H,5-6H2,1H3,(H,12,14). The number of nitrogens with one attached hydrogen (secondary N) is 1. The third-order valence-corrected chi connectivity index (χ3v) is 1.80. The highest BCUT2D eigenvalue weighted by molar-refractivity contribution is 5.91. The predicted octanol–water partition coefficient (Wildman–Crippen LogP) is 1.12. The van der Waals surface area contributed by atoms with Crippen LogP contribution in [0.5, 0.6) is 0 Å². The van der Waals surface area contributed by atoms with Gasteiger partial charge in [-0.05, 0) is 12.1 Å². The number of ether oxygens (including phenoxy) is 1. The second-order valence-electron chi connectivity index (χ2n) is 2.97. The molecule has 0 spiro atoms. The Hall–Kier alpha value is -1.68. The fourth-order valence-electron chi connectivity index (χ4n) is 1.08. The minimum Gasteiger partial charge on any atom is -0.384 e. The van der Waals surface area contributed by atoms with Crippen LogP contribution in [0.25, 0.3) is 0 Å². The molecule has 0 heterocycles. The molecule has 1 aromatic carbocycles. The Balaban J connectivity index is 2.56. The van der Waals surface area contributed by atoms with Crippen molar-refractivity contribution in [2.24, 2.45) is 0 Å². The number of carbonyl (C=O) groups excluding carboxylic acids is 2. The van der Waals surface area contributed by atoms with E-state index in [1.807, 2.05) is 0 Å². The topological polar surface area (TPSA) is 55.4 Å². The van der Waals surface area contributed by atoms with Crippen LogP contribution in [0.3, 0.4) is 0 Å². The zero-order valence-electron chi connectivity index (χ0n) is 8.45. The van der Waals surface area contributed by atoms with Gasteiger partial charge in [0, 0.05) is 18.4 Å². The second kappa shape index (κ2) is 5.93. The zero-order valence-corrected chi connectivity index (χ0v) is 8.45. The Bertz CT molecular complexity index is 349. The number of methoxy groups -OCH3 is 1. The molecular formula is C11H12NO3. The number of carbonyl (C=O) groups is 1. The highest BCUT2D eigenvalue weighted by atomic mass is 16.5. The van der Waals surface area contributed by atoms with Gasteiger partial charge in [0.05, 0.1) is 13.0 Å². The Labute approximate surface area is 88.2 Å². The number of rotatable bonds is 5. The first kappa shape index (κ1) is 11.4. The summed E-state index contributed by atoms with van der Waals surface area (Å²) in [5.74, 6) is -0.139. The molecule has 0 saturated heterocycles. The first-order valence-corrected chi connectivity index (χ1v) is 4.53. The van der Waals surface area contributed by atoms with Gasteiger partial charge in [-0.3, -0.25) is 9.59 Å². The molecule has 0 aromatic heterocycles. The molecular weight excluding hydrogens is 194 g/mol. The van der Waals surface area contributed by atoms with Crippen LogP contribution in [0.4, 0.5) is 5.69 Å². The molecule has 1 radical (unpaired) electrons. The van der Waals surface area contributed by atoms with E-state index in [1.54, 1.807) is 30.6 Å². The van der Waals surface area contributed by atoms with Gasteiger partial charge >= 0.3 is 0 Å². The molecule has 4 nitrogen and oxygen atoms in total. The van der Waals surface area contributed by atoms with Crippen LogP contribution < -0.4 is 5.32 Å². The average Bonchev–Trinajstić information content (AvgIpc) is 2.26. The van der Waals surface area contributed by atoms with Gasteiger partial charge in [0.1, 0.15) is 0 Å². The van der Waals surface area contributed by atoms with E-state index in [-0.39, 0.29) is 5.91 Å². The minimum absolute atomic E-state index is 0.139. The summed E-state index contributed by atoms with van der Waals surface area (Å²) in [7, 11) is 1.54. The van der Waals surface area contributed by atoms with Crippen molar-refractivity contribution in [1.82, 2.24) is 0 Å². The van der Waals surface area contributed by atoms with E-state index in [0.717, 1.165) is 0 Å². The summed E-state index contributed by atoms with van der Waals surface area (Å²) in [6, 6.07) is 6.59. The molecule has 79 valence electrons. The molecule has 1 rings (SSSR count). The van der Waals surface area contributed by atoms with Gasteiger partial charge in [0.2, 0.25) is 12.2 Å². The maximum Gasteiger partial charge on any atom is 0.233 e. The molecule has 0 aliphatic rings. The first-order chi connectivity index (χ1) is 7.26. The van der Waals surface area contributed by atoms with Crippen LogP contribution in [-0.4, -0.2) is 25.9 Å². The van der Waals surface area contributed by atoms with Crippen molar-refractivity contribution in [3.05, 3.63) is 29.8 Å². The van der Waals surface area contributed by atoms with Crippen molar-refractivity contribution in [1.29, 1.82) is 0 Å². The lowest BCUT2D eigenvalue weighted by atomic mass is 10.2. The Morgan fingerprint density at radius 3 is 3.00 bits per heavy atom. The molecule has 4 heteroatoms. The van der Waals surface area contributed by atoms with Gasteiger partial charge in [0.25, 0.3) is 0 Å². The van der Waals surface area contributed by atoms with E-state index < -0.39 is 0 Å². The molecule has 1 amide bonds. The van der Waals surface area contributed by atoms with E-state index >= 15 is 0 Å². The van der Waals surface area contributed by atoms with E-state index in [0.29, 0.717) is 24.3 Å². The lowest BCUT2D eigenvalue weighted by molar-refractivity contribution is -0.117. The predicted molar refractivity (Wildman–Crippen MR) is 56.4 cm³/mol. The van der Waals surface area contributed by atoms with Crippen LogP contribution in [0, 0.1) is 0 Å². The van der Waals surface area contributed by atoms with Crippen molar-refractivity contribution >= 4 is 17.9 Å². The molecule has 0 bridgehead atoms. The van der Waals surface area contributed by atoms with E-state index in [2.05, 4.69) is 5.32 Å². The fraction of sp³-hybridized carbons (Fsp3) is 0.273. The molecule has 1 N–H and O–H groups in total. The second-order valence-corrected chi connectivity index (χ2v) is 2.97. The monoisotopic (exact) mass is 206 g/mol. The number of hydrogen-bond donors (Lipinski definition) is 1. The number of hydrogen-bond acceptors (Lipinski definition) is 3. The Morgan fingerprint density at radius 1 is 1.53 bits per heavy atom. The number of amides is 1. The molecule has 15 heavy (non-hydrogen) atoms. The molecule has 0 atom stereocenters. The lowest BCUT2D eigenvalue weighted by Crippen LogP contribution is -2.13. The molecule has 0 unspecified atom stereocenters. The van der Waals surface area contributed by atoms with Gasteiger partial charge in [-0.2, -0.15) is 0 Å². The molecule has 0 aliphatic carbocycles. The number of benzene rings is 1. The van der Waals surface area contributed by atoms with E-state index in [1.165, 1.54) is 7.11 Å². The molecule has 0 aliphatic heterocycles. The largest absolute Gasteiger partial charge is 0.384 e. The SMILES string of the molecule is COCCC(=O)Nc1cccc([C]=O)c1. The summed E-state index contributed by atoms with van der Waals surface area (Å²) in [5.41, 5.74) is 1.01.